The van der Waals surface area contributed by atoms with E-state index in [4.69, 9.17) is 9.97 Å². The van der Waals surface area contributed by atoms with Gasteiger partial charge in [0.25, 0.3) is 0 Å². The van der Waals surface area contributed by atoms with Crippen LogP contribution >= 0.6 is 0 Å². The number of nitrogens with zero attached hydrogens (tertiary/aromatic N) is 3. The first-order valence-corrected chi connectivity index (χ1v) is 17.5. The second-order valence-electron chi connectivity index (χ2n) is 16.6. The van der Waals surface area contributed by atoms with Gasteiger partial charge in [0, 0.05) is 38.5 Å². The summed E-state index contributed by atoms with van der Waals surface area (Å²) in [6.07, 6.45) is 1.87. The molecule has 7 rings (SSSR count). The van der Waals surface area contributed by atoms with E-state index in [1.807, 2.05) is 36.5 Å². The zero-order valence-electron chi connectivity index (χ0n) is 31.0. The SMILES string of the molecule is CC(C)(C)c1cc(-c2cc(C(C)(C)C)cc3cccnc23)[c-]c(-c2cccc3c2nc(-c2cc(C(C)(C)C)ccc2O)n3-c2ccccc2)c1.[Pt]. The standard InChI is InChI=1S/C46H46N3O.Pt/c1-44(2,3)32-20-21-40(50)38(27-32)43-48-42-36(18-13-19-39(42)49(43)35-16-11-10-12-17-35)30-23-31(26-33(25-30)45(4,5)6)37-28-34(46(7,8)9)24-29-15-14-22-47-41(29)37;/h10-22,24-28,50H,1-9H3;/q-1;. The van der Waals surface area contributed by atoms with Crippen molar-refractivity contribution in [3.63, 3.8) is 0 Å². The number of phenolic OH excluding ortho intramolecular Hbond substituents is 1. The van der Waals surface area contributed by atoms with Crippen LogP contribution in [0.3, 0.4) is 0 Å². The van der Waals surface area contributed by atoms with Crippen LogP contribution in [-0.4, -0.2) is 19.6 Å². The molecule has 0 saturated carbocycles. The number of phenols is 1. The van der Waals surface area contributed by atoms with Crippen LogP contribution in [-0.2, 0) is 37.3 Å². The molecule has 1 N–H and O–H groups in total. The molecule has 0 aliphatic heterocycles. The molecule has 0 bridgehead atoms. The number of para-hydroxylation sites is 2. The summed E-state index contributed by atoms with van der Waals surface area (Å²) < 4.78 is 2.17. The third-order valence-electron chi connectivity index (χ3n) is 9.69. The molecule has 0 fully saturated rings. The van der Waals surface area contributed by atoms with E-state index in [1.165, 1.54) is 11.1 Å². The van der Waals surface area contributed by atoms with Crippen molar-refractivity contribution in [2.45, 2.75) is 78.6 Å². The van der Waals surface area contributed by atoms with Crippen molar-refractivity contribution in [3.05, 3.63) is 132 Å². The third-order valence-corrected chi connectivity index (χ3v) is 9.69. The van der Waals surface area contributed by atoms with Crippen LogP contribution in [0.25, 0.3) is 61.3 Å². The largest absolute Gasteiger partial charge is 0.507 e. The molecular formula is C46H46N3OPt-. The average molecular weight is 852 g/mol. The van der Waals surface area contributed by atoms with Gasteiger partial charge in [0.1, 0.15) is 11.6 Å². The first-order chi connectivity index (χ1) is 23.6. The van der Waals surface area contributed by atoms with Crippen LogP contribution in [0.2, 0.25) is 0 Å². The van der Waals surface area contributed by atoms with Gasteiger partial charge in [-0.05, 0) is 69.2 Å². The number of hydrogen-bond acceptors (Lipinski definition) is 3. The second-order valence-corrected chi connectivity index (χ2v) is 16.6. The van der Waals surface area contributed by atoms with E-state index in [0.29, 0.717) is 11.4 Å². The second kappa shape index (κ2) is 13.2. The Kier molecular flexibility index (Phi) is 9.40. The van der Waals surface area contributed by atoms with Crippen LogP contribution in [0.5, 0.6) is 5.75 Å². The van der Waals surface area contributed by atoms with E-state index < -0.39 is 0 Å². The summed E-state index contributed by atoms with van der Waals surface area (Å²) in [6.45, 7) is 20.1. The maximum Gasteiger partial charge on any atom is 0.148 e. The van der Waals surface area contributed by atoms with Crippen molar-refractivity contribution in [2.24, 2.45) is 0 Å². The Hall–Kier alpha value is -4.53. The smallest absolute Gasteiger partial charge is 0.148 e. The minimum Gasteiger partial charge on any atom is -0.507 e. The minimum absolute atomic E-state index is 0. The molecule has 5 aromatic carbocycles. The molecule has 262 valence electrons. The summed E-state index contributed by atoms with van der Waals surface area (Å²) in [5, 5.41) is 12.4. The summed E-state index contributed by atoms with van der Waals surface area (Å²) >= 11 is 0. The zero-order valence-corrected chi connectivity index (χ0v) is 33.3. The molecule has 0 saturated heterocycles. The van der Waals surface area contributed by atoms with E-state index in [2.05, 4.69) is 140 Å². The van der Waals surface area contributed by atoms with Crippen molar-refractivity contribution < 1.29 is 26.2 Å². The van der Waals surface area contributed by atoms with Crippen molar-refractivity contribution >= 4 is 21.9 Å². The Morgan fingerprint density at radius 3 is 1.86 bits per heavy atom. The van der Waals surface area contributed by atoms with Gasteiger partial charge >= 0.3 is 0 Å². The van der Waals surface area contributed by atoms with E-state index in [1.54, 1.807) is 6.07 Å². The van der Waals surface area contributed by atoms with Gasteiger partial charge in [0.2, 0.25) is 0 Å². The number of aromatic nitrogens is 3. The van der Waals surface area contributed by atoms with Gasteiger partial charge in [-0.25, -0.2) is 4.98 Å². The van der Waals surface area contributed by atoms with Crippen LogP contribution in [0.15, 0.2) is 109 Å². The maximum atomic E-state index is 11.3. The fourth-order valence-corrected chi connectivity index (χ4v) is 6.64. The summed E-state index contributed by atoms with van der Waals surface area (Å²) in [7, 11) is 0. The third kappa shape index (κ3) is 6.91. The van der Waals surface area contributed by atoms with Gasteiger partial charge in [-0.3, -0.25) is 9.55 Å². The molecule has 2 aromatic heterocycles. The van der Waals surface area contributed by atoms with Crippen molar-refractivity contribution in [1.82, 2.24) is 14.5 Å². The topological polar surface area (TPSA) is 50.9 Å². The molecule has 51 heavy (non-hydrogen) atoms. The Morgan fingerprint density at radius 1 is 0.569 bits per heavy atom. The fourth-order valence-electron chi connectivity index (χ4n) is 6.64. The van der Waals surface area contributed by atoms with Crippen molar-refractivity contribution in [3.8, 4) is 45.1 Å². The minimum atomic E-state index is -0.120. The van der Waals surface area contributed by atoms with Crippen LogP contribution in [0, 0.1) is 6.07 Å². The molecule has 0 radical (unpaired) electrons. The number of benzene rings is 5. The molecule has 0 aliphatic carbocycles. The van der Waals surface area contributed by atoms with Crippen molar-refractivity contribution in [1.29, 1.82) is 0 Å². The molecule has 0 atom stereocenters. The Morgan fingerprint density at radius 2 is 1.20 bits per heavy atom. The maximum absolute atomic E-state index is 11.3. The van der Waals surface area contributed by atoms with E-state index in [0.717, 1.165) is 55.4 Å². The monoisotopic (exact) mass is 851 g/mol. The first-order valence-electron chi connectivity index (χ1n) is 17.5. The quantitative estimate of drug-likeness (QED) is 0.180. The molecule has 0 unspecified atom stereocenters. The molecule has 4 nitrogen and oxygen atoms in total. The summed E-state index contributed by atoms with van der Waals surface area (Å²) in [4.78, 5) is 10.3. The van der Waals surface area contributed by atoms with Gasteiger partial charge in [0.05, 0.1) is 16.6 Å². The number of rotatable bonds is 4. The molecule has 7 aromatic rings. The van der Waals surface area contributed by atoms with Crippen LogP contribution in [0.1, 0.15) is 79.0 Å². The summed E-state index contributed by atoms with van der Waals surface area (Å²) in [5.74, 6) is 0.899. The van der Waals surface area contributed by atoms with Crippen molar-refractivity contribution in [2.75, 3.05) is 0 Å². The predicted molar refractivity (Wildman–Crippen MR) is 209 cm³/mol. The molecule has 2 heterocycles. The molecule has 0 aliphatic rings. The number of fused-ring (bicyclic) bond motifs is 2. The van der Waals surface area contributed by atoms with Crippen LogP contribution < -0.4 is 0 Å². The molecular weight excluding hydrogens is 806 g/mol. The molecule has 5 heteroatoms. The van der Waals surface area contributed by atoms with Gasteiger partial charge in [-0.2, -0.15) is 0 Å². The first kappa shape index (κ1) is 36.3. The number of hydrogen-bond donors (Lipinski definition) is 1. The Labute approximate surface area is 316 Å². The molecule has 0 amide bonds. The number of aromatic hydroxyl groups is 1. The van der Waals surface area contributed by atoms with E-state index in [9.17, 15) is 5.11 Å². The summed E-state index contributed by atoms with van der Waals surface area (Å²) in [6, 6.07) is 39.6. The Bertz CT molecular complexity index is 2390. The van der Waals surface area contributed by atoms with Gasteiger partial charge in [0.15, 0.2) is 0 Å². The Balaban J connectivity index is 0.00000448. The number of imidazole rings is 1. The van der Waals surface area contributed by atoms with Gasteiger partial charge in [-0.1, -0.05) is 128 Å². The van der Waals surface area contributed by atoms with E-state index in [-0.39, 0.29) is 43.1 Å². The van der Waals surface area contributed by atoms with E-state index >= 15 is 0 Å². The van der Waals surface area contributed by atoms with Crippen LogP contribution in [0.4, 0.5) is 0 Å². The van der Waals surface area contributed by atoms with Gasteiger partial charge in [-0.15, -0.1) is 34.9 Å². The normalized spacial score (nSPS) is 12.3. The average Bonchev–Trinajstić information content (AvgIpc) is 3.46. The molecule has 0 spiro atoms. The fraction of sp³-hybridized carbons (Fsp3) is 0.261. The zero-order chi connectivity index (χ0) is 35.6. The number of pyridine rings is 1. The predicted octanol–water partition coefficient (Wildman–Crippen LogP) is 12.0. The van der Waals surface area contributed by atoms with Gasteiger partial charge < -0.3 is 5.11 Å². The summed E-state index contributed by atoms with van der Waals surface area (Å²) in [5.41, 5.74) is 11.9.